The molecule has 1 saturated carbocycles. The van der Waals surface area contributed by atoms with Gasteiger partial charge in [0.15, 0.2) is 5.13 Å². The van der Waals surface area contributed by atoms with Crippen molar-refractivity contribution in [2.45, 2.75) is 50.3 Å². The molecule has 0 bridgehead atoms. The fraction of sp³-hybridized carbons (Fsp3) is 0.750. The summed E-state index contributed by atoms with van der Waals surface area (Å²) in [6.45, 7) is 1.99. The van der Waals surface area contributed by atoms with Gasteiger partial charge < -0.3 is 5.32 Å². The van der Waals surface area contributed by atoms with Gasteiger partial charge in [-0.15, -0.1) is 11.3 Å². The Morgan fingerprint density at radius 1 is 1.37 bits per heavy atom. The van der Waals surface area contributed by atoms with E-state index in [-0.39, 0.29) is 11.3 Å². The number of thiazole rings is 1. The molecule has 0 amide bonds. The van der Waals surface area contributed by atoms with Gasteiger partial charge >= 0.3 is 0 Å². The molecule has 0 spiro atoms. The molecule has 1 aliphatic rings. The van der Waals surface area contributed by atoms with Crippen LogP contribution < -0.4 is 10.0 Å². The summed E-state index contributed by atoms with van der Waals surface area (Å²) in [4.78, 5) is 4.33. The maximum atomic E-state index is 12.2. The number of nitrogens with zero attached hydrogens (tertiary/aromatic N) is 1. The number of rotatable bonds is 5. The van der Waals surface area contributed by atoms with Gasteiger partial charge in [0.2, 0.25) is 10.0 Å². The Bertz CT molecular complexity index is 507. The third kappa shape index (κ3) is 3.67. The maximum absolute atomic E-state index is 12.2. The van der Waals surface area contributed by atoms with E-state index in [1.165, 1.54) is 11.3 Å². The second-order valence-corrected chi connectivity index (χ2v) is 7.81. The zero-order chi connectivity index (χ0) is 13.9. The Kier molecular flexibility index (Phi) is 4.81. The zero-order valence-electron chi connectivity index (χ0n) is 11.3. The third-order valence-corrected chi connectivity index (χ3v) is 6.35. The number of sulfonamides is 1. The minimum atomic E-state index is -3.28. The minimum Gasteiger partial charge on any atom is -0.312 e. The van der Waals surface area contributed by atoms with Crippen LogP contribution in [0.1, 0.15) is 50.8 Å². The molecule has 19 heavy (non-hydrogen) atoms. The van der Waals surface area contributed by atoms with E-state index in [2.05, 4.69) is 15.0 Å². The van der Waals surface area contributed by atoms with E-state index in [4.69, 9.17) is 0 Å². The Labute approximate surface area is 118 Å². The second-order valence-electron chi connectivity index (χ2n) is 4.99. The van der Waals surface area contributed by atoms with Gasteiger partial charge in [-0.05, 0) is 26.8 Å². The van der Waals surface area contributed by atoms with Gasteiger partial charge in [-0.25, -0.2) is 13.4 Å². The summed E-state index contributed by atoms with van der Waals surface area (Å²) in [6.07, 6.45) is 4.69. The van der Waals surface area contributed by atoms with Crippen LogP contribution in [-0.4, -0.2) is 25.7 Å². The van der Waals surface area contributed by atoms with Gasteiger partial charge in [0.05, 0.1) is 10.9 Å². The smallest absolute Gasteiger partial charge is 0.237 e. The third-order valence-electron chi connectivity index (χ3n) is 3.62. The van der Waals surface area contributed by atoms with E-state index in [9.17, 15) is 8.42 Å². The molecule has 0 radical (unpaired) electrons. The number of hydrogen-bond acceptors (Lipinski definition) is 5. The van der Waals surface area contributed by atoms with Crippen LogP contribution in [0.15, 0.2) is 5.38 Å². The Balaban J connectivity index is 2.05. The molecule has 1 aromatic heterocycles. The van der Waals surface area contributed by atoms with Crippen molar-refractivity contribution in [3.63, 3.8) is 0 Å². The van der Waals surface area contributed by atoms with Crippen molar-refractivity contribution in [1.82, 2.24) is 10.3 Å². The number of aromatic nitrogens is 1. The predicted molar refractivity (Wildman–Crippen MR) is 79.0 cm³/mol. The molecule has 1 unspecified atom stereocenters. The minimum absolute atomic E-state index is 0.129. The average molecular weight is 303 g/mol. The van der Waals surface area contributed by atoms with Crippen LogP contribution >= 0.6 is 11.3 Å². The number of nitrogens with one attached hydrogen (secondary N) is 2. The molecule has 0 aromatic carbocycles. The predicted octanol–water partition coefficient (Wildman–Crippen LogP) is 2.50. The zero-order valence-corrected chi connectivity index (χ0v) is 13.0. The van der Waals surface area contributed by atoms with E-state index in [1.807, 2.05) is 19.4 Å². The average Bonchev–Trinajstić information content (AvgIpc) is 2.86. The quantitative estimate of drug-likeness (QED) is 0.876. The summed E-state index contributed by atoms with van der Waals surface area (Å²) >= 11 is 1.34. The van der Waals surface area contributed by atoms with Crippen molar-refractivity contribution in [3.05, 3.63) is 11.1 Å². The Morgan fingerprint density at radius 3 is 2.68 bits per heavy atom. The first kappa shape index (κ1) is 14.7. The van der Waals surface area contributed by atoms with Crippen LogP contribution in [-0.2, 0) is 10.0 Å². The van der Waals surface area contributed by atoms with E-state index >= 15 is 0 Å². The molecule has 7 heteroatoms. The summed E-state index contributed by atoms with van der Waals surface area (Å²) in [5.74, 6) is 0. The van der Waals surface area contributed by atoms with Crippen molar-refractivity contribution in [3.8, 4) is 0 Å². The molecule has 1 aromatic rings. The summed E-state index contributed by atoms with van der Waals surface area (Å²) < 4.78 is 27.1. The summed E-state index contributed by atoms with van der Waals surface area (Å²) in [7, 11) is -1.42. The lowest BCUT2D eigenvalue weighted by atomic mass is 10.0. The highest BCUT2D eigenvalue weighted by atomic mass is 32.2. The lowest BCUT2D eigenvalue weighted by molar-refractivity contribution is 0.486. The maximum Gasteiger partial charge on any atom is 0.237 e. The first-order chi connectivity index (χ1) is 9.03. The van der Waals surface area contributed by atoms with E-state index in [0.29, 0.717) is 5.13 Å². The topological polar surface area (TPSA) is 71.1 Å². The molecule has 1 fully saturated rings. The van der Waals surface area contributed by atoms with Gasteiger partial charge in [-0.2, -0.15) is 0 Å². The second kappa shape index (κ2) is 6.19. The van der Waals surface area contributed by atoms with Crippen LogP contribution in [0.25, 0.3) is 0 Å². The summed E-state index contributed by atoms with van der Waals surface area (Å²) in [6, 6.07) is 0.129. The van der Waals surface area contributed by atoms with Crippen molar-refractivity contribution in [2.75, 3.05) is 11.8 Å². The van der Waals surface area contributed by atoms with E-state index < -0.39 is 10.0 Å². The molecule has 1 atom stereocenters. The molecular weight excluding hydrogens is 282 g/mol. The number of anilines is 1. The number of hydrogen-bond donors (Lipinski definition) is 2. The van der Waals surface area contributed by atoms with Gasteiger partial charge in [-0.1, -0.05) is 19.3 Å². The van der Waals surface area contributed by atoms with Crippen molar-refractivity contribution >= 4 is 26.5 Å². The standard InChI is InChI=1S/C12H21N3O2S2/c1-9(13-2)11-8-18-12(14-11)15-19(16,17)10-6-4-3-5-7-10/h8-10,13H,3-7H2,1-2H3,(H,14,15). The van der Waals surface area contributed by atoms with Gasteiger partial charge in [0.1, 0.15) is 0 Å². The molecule has 2 N–H and O–H groups in total. The molecule has 5 nitrogen and oxygen atoms in total. The van der Waals surface area contributed by atoms with Crippen LogP contribution in [0.3, 0.4) is 0 Å². The summed E-state index contributed by atoms with van der Waals surface area (Å²) in [5, 5.41) is 5.20. The lowest BCUT2D eigenvalue weighted by Crippen LogP contribution is -2.29. The van der Waals surface area contributed by atoms with Crippen molar-refractivity contribution < 1.29 is 8.42 Å². The van der Waals surface area contributed by atoms with E-state index in [1.54, 1.807) is 0 Å². The Morgan fingerprint density at radius 2 is 2.05 bits per heavy atom. The fourth-order valence-corrected chi connectivity index (χ4v) is 4.86. The molecule has 1 heterocycles. The van der Waals surface area contributed by atoms with Crippen LogP contribution in [0.4, 0.5) is 5.13 Å². The normalized spacial score (nSPS) is 19.3. The van der Waals surface area contributed by atoms with Crippen molar-refractivity contribution in [1.29, 1.82) is 0 Å². The van der Waals surface area contributed by atoms with Gasteiger partial charge in [0.25, 0.3) is 0 Å². The monoisotopic (exact) mass is 303 g/mol. The highest BCUT2D eigenvalue weighted by Crippen LogP contribution is 2.27. The highest BCUT2D eigenvalue weighted by molar-refractivity contribution is 7.93. The largest absolute Gasteiger partial charge is 0.312 e. The molecule has 0 aliphatic heterocycles. The SMILES string of the molecule is CNC(C)c1csc(NS(=O)(=O)C2CCCCC2)n1. The fourth-order valence-electron chi connectivity index (χ4n) is 2.26. The Hall–Kier alpha value is -0.660. The molecule has 1 aliphatic carbocycles. The first-order valence-electron chi connectivity index (χ1n) is 6.67. The van der Waals surface area contributed by atoms with Crippen LogP contribution in [0.5, 0.6) is 0 Å². The van der Waals surface area contributed by atoms with E-state index in [0.717, 1.165) is 37.8 Å². The van der Waals surface area contributed by atoms with Crippen molar-refractivity contribution in [2.24, 2.45) is 0 Å². The lowest BCUT2D eigenvalue weighted by Gasteiger charge is -2.21. The van der Waals surface area contributed by atoms with Gasteiger partial charge in [-0.3, -0.25) is 4.72 Å². The molecular formula is C12H21N3O2S2. The molecule has 2 rings (SSSR count). The highest BCUT2D eigenvalue weighted by Gasteiger charge is 2.28. The molecule has 0 saturated heterocycles. The van der Waals surface area contributed by atoms with Crippen LogP contribution in [0, 0.1) is 0 Å². The first-order valence-corrected chi connectivity index (χ1v) is 9.10. The summed E-state index contributed by atoms with van der Waals surface area (Å²) in [5.41, 5.74) is 0.869. The van der Waals surface area contributed by atoms with Gasteiger partial charge in [0, 0.05) is 11.4 Å². The molecule has 108 valence electrons. The van der Waals surface area contributed by atoms with Crippen LogP contribution in [0.2, 0.25) is 0 Å².